The van der Waals surface area contributed by atoms with Gasteiger partial charge >= 0.3 is 0 Å². The minimum Gasteiger partial charge on any atom is -0.379 e. The number of morpholine rings is 1. The summed E-state index contributed by atoms with van der Waals surface area (Å²) in [7, 11) is 0. The van der Waals surface area contributed by atoms with Gasteiger partial charge in [0.1, 0.15) is 0 Å². The standard InChI is InChI=1S/C22H30N4O.HI/c1-3-18-5-4-6-20(15-18)25-22(23)24-16-21(26-11-13-27-14-12-26)19-9-7-17(2)8-10-19;/h4-10,15,21H,3,11-14,16H2,1-2H3,(H3,23,24,25);1H. The number of rotatable bonds is 6. The Hall–Kier alpha value is -1.64. The van der Waals surface area contributed by atoms with E-state index in [4.69, 9.17) is 10.5 Å². The lowest BCUT2D eigenvalue weighted by Gasteiger charge is -2.34. The number of anilines is 1. The van der Waals surface area contributed by atoms with Crippen LogP contribution in [0.15, 0.2) is 53.5 Å². The lowest BCUT2D eigenvalue weighted by molar-refractivity contribution is 0.0180. The molecule has 0 saturated carbocycles. The Kier molecular flexibility index (Phi) is 9.21. The number of hydrogen-bond donors (Lipinski definition) is 2. The summed E-state index contributed by atoms with van der Waals surface area (Å²) >= 11 is 0. The van der Waals surface area contributed by atoms with Crippen LogP contribution in [0.1, 0.15) is 29.7 Å². The molecule has 28 heavy (non-hydrogen) atoms. The van der Waals surface area contributed by atoms with E-state index in [1.54, 1.807) is 0 Å². The first-order chi connectivity index (χ1) is 13.2. The van der Waals surface area contributed by atoms with Crippen LogP contribution >= 0.6 is 24.0 Å². The predicted molar refractivity (Wildman–Crippen MR) is 128 cm³/mol. The molecule has 1 atom stereocenters. The molecule has 0 bridgehead atoms. The number of nitrogens with zero attached hydrogens (tertiary/aromatic N) is 2. The number of hydrogen-bond acceptors (Lipinski definition) is 3. The third-order valence-electron chi connectivity index (χ3n) is 4.99. The molecule has 0 amide bonds. The molecule has 1 heterocycles. The van der Waals surface area contributed by atoms with Gasteiger partial charge in [0.2, 0.25) is 0 Å². The van der Waals surface area contributed by atoms with Crippen LogP contribution in [0.25, 0.3) is 0 Å². The molecule has 1 fully saturated rings. The first-order valence-corrected chi connectivity index (χ1v) is 9.70. The summed E-state index contributed by atoms with van der Waals surface area (Å²) in [5.41, 5.74) is 11.0. The topological polar surface area (TPSA) is 62.9 Å². The SMILES string of the molecule is CCc1cccc(NC(N)=NCC(c2ccc(C)cc2)N2CCOCC2)c1.I. The van der Waals surface area contributed by atoms with E-state index >= 15 is 0 Å². The Labute approximate surface area is 185 Å². The molecule has 0 aromatic heterocycles. The molecule has 2 aromatic carbocycles. The van der Waals surface area contributed by atoms with Crippen LogP contribution in [0.5, 0.6) is 0 Å². The zero-order valence-electron chi connectivity index (χ0n) is 16.7. The molecular weight excluding hydrogens is 463 g/mol. The molecule has 1 saturated heterocycles. The van der Waals surface area contributed by atoms with Gasteiger partial charge in [0.05, 0.1) is 25.8 Å². The second kappa shape index (κ2) is 11.4. The number of aliphatic imine (C=N–C) groups is 1. The highest BCUT2D eigenvalue weighted by Gasteiger charge is 2.22. The highest BCUT2D eigenvalue weighted by molar-refractivity contribution is 14.0. The molecule has 0 aliphatic carbocycles. The Balaban J connectivity index is 0.00000280. The number of nitrogens with two attached hydrogens (primary N) is 1. The second-order valence-electron chi connectivity index (χ2n) is 6.98. The Bertz CT molecular complexity index is 757. The van der Waals surface area contributed by atoms with Gasteiger partial charge in [-0.2, -0.15) is 0 Å². The highest BCUT2D eigenvalue weighted by atomic mass is 127. The van der Waals surface area contributed by atoms with E-state index in [-0.39, 0.29) is 30.0 Å². The second-order valence-corrected chi connectivity index (χ2v) is 6.98. The fourth-order valence-electron chi connectivity index (χ4n) is 3.35. The van der Waals surface area contributed by atoms with Gasteiger partial charge in [0, 0.05) is 18.8 Å². The van der Waals surface area contributed by atoms with Gasteiger partial charge in [-0.3, -0.25) is 9.89 Å². The minimum absolute atomic E-state index is 0. The van der Waals surface area contributed by atoms with Gasteiger partial charge in [-0.1, -0.05) is 48.9 Å². The molecule has 0 radical (unpaired) electrons. The summed E-state index contributed by atoms with van der Waals surface area (Å²) < 4.78 is 5.52. The van der Waals surface area contributed by atoms with E-state index in [1.807, 2.05) is 12.1 Å². The average Bonchev–Trinajstić information content (AvgIpc) is 2.70. The number of aryl methyl sites for hydroxylation is 2. The molecule has 1 unspecified atom stereocenters. The average molecular weight is 494 g/mol. The largest absolute Gasteiger partial charge is 0.379 e. The first kappa shape index (κ1) is 22.6. The third kappa shape index (κ3) is 6.46. The monoisotopic (exact) mass is 494 g/mol. The van der Waals surface area contributed by atoms with Crippen molar-refractivity contribution in [2.45, 2.75) is 26.3 Å². The van der Waals surface area contributed by atoms with Gasteiger partial charge in [-0.25, -0.2) is 0 Å². The molecule has 152 valence electrons. The van der Waals surface area contributed by atoms with Crippen LogP contribution in [0.3, 0.4) is 0 Å². The quantitative estimate of drug-likeness (QED) is 0.363. The maximum absolute atomic E-state index is 6.17. The number of guanidine groups is 1. The fraction of sp³-hybridized carbons (Fsp3) is 0.409. The number of nitrogens with one attached hydrogen (secondary N) is 1. The van der Waals surface area contributed by atoms with Crippen molar-refractivity contribution >= 4 is 35.6 Å². The normalized spacial score (nSPS) is 16.3. The maximum atomic E-state index is 6.17. The highest BCUT2D eigenvalue weighted by Crippen LogP contribution is 2.23. The summed E-state index contributed by atoms with van der Waals surface area (Å²) in [6, 6.07) is 17.2. The van der Waals surface area contributed by atoms with Gasteiger partial charge in [-0.05, 0) is 36.6 Å². The van der Waals surface area contributed by atoms with E-state index in [0.29, 0.717) is 12.5 Å². The molecule has 0 spiro atoms. The predicted octanol–water partition coefficient (Wildman–Crippen LogP) is 3.98. The summed E-state index contributed by atoms with van der Waals surface area (Å²) in [5, 5.41) is 3.22. The molecular formula is C22H31IN4O. The summed E-state index contributed by atoms with van der Waals surface area (Å²) in [6.45, 7) is 8.24. The first-order valence-electron chi connectivity index (χ1n) is 9.70. The maximum Gasteiger partial charge on any atom is 0.193 e. The van der Waals surface area contributed by atoms with Gasteiger partial charge in [0.15, 0.2) is 5.96 Å². The Morgan fingerprint density at radius 3 is 2.57 bits per heavy atom. The van der Waals surface area contributed by atoms with Crippen LogP contribution in [0.2, 0.25) is 0 Å². The van der Waals surface area contributed by atoms with E-state index in [0.717, 1.165) is 38.4 Å². The molecule has 1 aliphatic rings. The number of halogens is 1. The van der Waals surface area contributed by atoms with Crippen molar-refractivity contribution < 1.29 is 4.74 Å². The van der Waals surface area contributed by atoms with Crippen molar-refractivity contribution in [1.29, 1.82) is 0 Å². The van der Waals surface area contributed by atoms with Gasteiger partial charge in [-0.15, -0.1) is 24.0 Å². The lowest BCUT2D eigenvalue weighted by atomic mass is 10.0. The molecule has 3 N–H and O–H groups in total. The summed E-state index contributed by atoms with van der Waals surface area (Å²) in [4.78, 5) is 7.08. The van der Waals surface area contributed by atoms with E-state index in [1.165, 1.54) is 16.7 Å². The van der Waals surface area contributed by atoms with Crippen molar-refractivity contribution in [3.63, 3.8) is 0 Å². The van der Waals surface area contributed by atoms with Gasteiger partial charge in [0.25, 0.3) is 0 Å². The van der Waals surface area contributed by atoms with E-state index in [2.05, 4.69) is 65.5 Å². The Morgan fingerprint density at radius 1 is 1.18 bits per heavy atom. The van der Waals surface area contributed by atoms with Crippen LogP contribution < -0.4 is 11.1 Å². The van der Waals surface area contributed by atoms with Crippen LogP contribution in [-0.4, -0.2) is 43.7 Å². The fourth-order valence-corrected chi connectivity index (χ4v) is 3.35. The van der Waals surface area contributed by atoms with Crippen molar-refractivity contribution in [2.75, 3.05) is 38.2 Å². The van der Waals surface area contributed by atoms with Crippen LogP contribution in [-0.2, 0) is 11.2 Å². The molecule has 2 aromatic rings. The number of ether oxygens (including phenoxy) is 1. The third-order valence-corrected chi connectivity index (χ3v) is 4.99. The zero-order chi connectivity index (χ0) is 19.1. The molecule has 3 rings (SSSR count). The minimum atomic E-state index is 0. The van der Waals surface area contributed by atoms with Crippen molar-refractivity contribution in [3.8, 4) is 0 Å². The number of benzene rings is 2. The van der Waals surface area contributed by atoms with Crippen molar-refractivity contribution in [2.24, 2.45) is 10.7 Å². The van der Waals surface area contributed by atoms with Crippen LogP contribution in [0, 0.1) is 6.92 Å². The summed E-state index contributed by atoms with van der Waals surface area (Å²) in [6.07, 6.45) is 0.999. The lowest BCUT2D eigenvalue weighted by Crippen LogP contribution is -2.40. The van der Waals surface area contributed by atoms with E-state index < -0.39 is 0 Å². The molecule has 1 aliphatic heterocycles. The van der Waals surface area contributed by atoms with Crippen LogP contribution in [0.4, 0.5) is 5.69 Å². The Morgan fingerprint density at radius 2 is 1.89 bits per heavy atom. The van der Waals surface area contributed by atoms with Crippen molar-refractivity contribution in [1.82, 2.24) is 4.90 Å². The van der Waals surface area contributed by atoms with E-state index in [9.17, 15) is 0 Å². The molecule has 5 nitrogen and oxygen atoms in total. The van der Waals surface area contributed by atoms with Crippen molar-refractivity contribution in [3.05, 3.63) is 65.2 Å². The molecule has 6 heteroatoms. The summed E-state index contributed by atoms with van der Waals surface area (Å²) in [5.74, 6) is 0.452. The zero-order valence-corrected chi connectivity index (χ0v) is 19.1. The van der Waals surface area contributed by atoms with Gasteiger partial charge < -0.3 is 15.8 Å². The smallest absolute Gasteiger partial charge is 0.193 e.